The van der Waals surface area contributed by atoms with E-state index in [1.54, 1.807) is 0 Å². The molecule has 1 aliphatic rings. The molecule has 0 saturated heterocycles. The first-order chi connectivity index (χ1) is 8.06. The highest BCUT2D eigenvalue weighted by atomic mass is 16.5. The van der Waals surface area contributed by atoms with Crippen molar-refractivity contribution in [2.45, 2.75) is 54.9 Å². The van der Waals surface area contributed by atoms with Gasteiger partial charge in [-0.05, 0) is 50.0 Å². The van der Waals surface area contributed by atoms with Gasteiger partial charge in [0.2, 0.25) is 0 Å². The van der Waals surface area contributed by atoms with E-state index in [9.17, 15) is 4.79 Å². The Kier molecular flexibility index (Phi) is 4.30. The van der Waals surface area contributed by atoms with Gasteiger partial charge < -0.3 is 4.74 Å². The maximum atomic E-state index is 11.8. The maximum Gasteiger partial charge on any atom is 0.311 e. The molecule has 2 heteroatoms. The quantitative estimate of drug-likeness (QED) is 0.544. The first kappa shape index (κ1) is 15.3. The van der Waals surface area contributed by atoms with Crippen LogP contribution in [0, 0.1) is 22.7 Å². The molecule has 0 radical (unpaired) electrons. The van der Waals surface area contributed by atoms with Crippen molar-refractivity contribution in [3.05, 3.63) is 11.6 Å². The lowest BCUT2D eigenvalue weighted by molar-refractivity contribution is -0.152. The normalized spacial score (nSPS) is 27.6. The van der Waals surface area contributed by atoms with Gasteiger partial charge in [0.05, 0.1) is 5.41 Å². The molecule has 1 aliphatic carbocycles. The zero-order valence-electron chi connectivity index (χ0n) is 13.0. The van der Waals surface area contributed by atoms with Gasteiger partial charge in [-0.3, -0.25) is 4.79 Å². The smallest absolute Gasteiger partial charge is 0.311 e. The summed E-state index contributed by atoms with van der Waals surface area (Å²) in [5.41, 5.74) is 1.13. The van der Waals surface area contributed by atoms with Crippen LogP contribution in [0.15, 0.2) is 11.6 Å². The van der Waals surface area contributed by atoms with Crippen LogP contribution in [-0.2, 0) is 9.53 Å². The summed E-state index contributed by atoms with van der Waals surface area (Å²) in [7, 11) is 0. The van der Waals surface area contributed by atoms with Crippen LogP contribution in [0.4, 0.5) is 0 Å². The minimum atomic E-state index is -0.415. The van der Waals surface area contributed by atoms with Crippen molar-refractivity contribution in [3.63, 3.8) is 0 Å². The molecule has 104 valence electrons. The Morgan fingerprint density at radius 3 is 2.44 bits per heavy atom. The van der Waals surface area contributed by atoms with Crippen molar-refractivity contribution in [1.29, 1.82) is 0 Å². The van der Waals surface area contributed by atoms with Crippen molar-refractivity contribution < 1.29 is 9.53 Å². The molecule has 0 fully saturated rings. The zero-order chi connectivity index (χ0) is 14.1. The Hall–Kier alpha value is -0.790. The molecule has 0 bridgehead atoms. The largest absolute Gasteiger partial charge is 0.461 e. The van der Waals surface area contributed by atoms with Gasteiger partial charge in [-0.2, -0.15) is 0 Å². The summed E-state index contributed by atoms with van der Waals surface area (Å²) in [6.07, 6.45) is 3.34. The van der Waals surface area contributed by atoms with Gasteiger partial charge in [-0.1, -0.05) is 33.8 Å². The van der Waals surface area contributed by atoms with Crippen molar-refractivity contribution >= 4 is 5.97 Å². The molecule has 0 aromatic heterocycles. The standard InChI is InChI=1S/C16H28O2/c1-11-8-9-13(12(2)16(11,6)7)10-18-14(17)15(3,4)5/h9,11-12H,8,10H2,1-7H3/t11-,12+/m0/s1. The van der Waals surface area contributed by atoms with Gasteiger partial charge >= 0.3 is 5.97 Å². The van der Waals surface area contributed by atoms with Gasteiger partial charge in [-0.25, -0.2) is 0 Å². The third kappa shape index (κ3) is 3.15. The number of carbonyl (C=O) groups excluding carboxylic acids is 1. The van der Waals surface area contributed by atoms with Gasteiger partial charge in [0.15, 0.2) is 0 Å². The first-order valence-corrected chi connectivity index (χ1v) is 6.93. The van der Waals surface area contributed by atoms with E-state index >= 15 is 0 Å². The number of hydrogen-bond acceptors (Lipinski definition) is 2. The second kappa shape index (κ2) is 5.07. The average molecular weight is 252 g/mol. The second-order valence-electron chi connectivity index (χ2n) is 7.28. The Balaban J connectivity index is 2.67. The molecule has 2 atom stereocenters. The summed E-state index contributed by atoms with van der Waals surface area (Å²) in [5.74, 6) is 1.02. The number of carbonyl (C=O) groups is 1. The molecule has 1 rings (SSSR count). The van der Waals surface area contributed by atoms with Crippen LogP contribution in [0.3, 0.4) is 0 Å². The van der Waals surface area contributed by atoms with E-state index in [0.29, 0.717) is 18.4 Å². The van der Waals surface area contributed by atoms with Crippen LogP contribution >= 0.6 is 0 Å². The number of ether oxygens (including phenoxy) is 1. The Morgan fingerprint density at radius 2 is 1.94 bits per heavy atom. The Morgan fingerprint density at radius 1 is 1.39 bits per heavy atom. The summed E-state index contributed by atoms with van der Waals surface area (Å²) in [6, 6.07) is 0. The minimum Gasteiger partial charge on any atom is -0.461 e. The molecule has 0 N–H and O–H groups in total. The van der Waals surface area contributed by atoms with Crippen LogP contribution in [-0.4, -0.2) is 12.6 Å². The third-order valence-corrected chi connectivity index (χ3v) is 4.66. The number of rotatable bonds is 2. The van der Waals surface area contributed by atoms with E-state index < -0.39 is 5.41 Å². The predicted molar refractivity (Wildman–Crippen MR) is 75.2 cm³/mol. The molecule has 0 aromatic rings. The van der Waals surface area contributed by atoms with Gasteiger partial charge in [0, 0.05) is 0 Å². The number of hydrogen-bond donors (Lipinski definition) is 0. The van der Waals surface area contributed by atoms with E-state index in [0.717, 1.165) is 6.42 Å². The lowest BCUT2D eigenvalue weighted by atomic mass is 9.64. The maximum absolute atomic E-state index is 11.8. The molecule has 0 aliphatic heterocycles. The summed E-state index contributed by atoms with van der Waals surface area (Å²) in [5, 5.41) is 0. The summed E-state index contributed by atoms with van der Waals surface area (Å²) in [6.45, 7) is 15.3. The topological polar surface area (TPSA) is 26.3 Å². The monoisotopic (exact) mass is 252 g/mol. The molecule has 0 heterocycles. The molecule has 2 nitrogen and oxygen atoms in total. The predicted octanol–water partition coefficient (Wildman–Crippen LogP) is 4.20. The molecular weight excluding hydrogens is 224 g/mol. The second-order valence-corrected chi connectivity index (χ2v) is 7.28. The highest BCUT2D eigenvalue weighted by Gasteiger charge is 2.37. The molecule has 0 spiro atoms. The fourth-order valence-corrected chi connectivity index (χ4v) is 2.26. The van der Waals surface area contributed by atoms with Crippen molar-refractivity contribution in [2.75, 3.05) is 6.61 Å². The van der Waals surface area contributed by atoms with Crippen LogP contribution in [0.2, 0.25) is 0 Å². The van der Waals surface area contributed by atoms with Crippen LogP contribution in [0.5, 0.6) is 0 Å². The summed E-state index contributed by atoms with van der Waals surface area (Å²) >= 11 is 0. The first-order valence-electron chi connectivity index (χ1n) is 6.93. The van der Waals surface area contributed by atoms with Crippen LogP contribution < -0.4 is 0 Å². The third-order valence-electron chi connectivity index (χ3n) is 4.66. The van der Waals surface area contributed by atoms with Crippen LogP contribution in [0.1, 0.15) is 54.9 Å². The van der Waals surface area contributed by atoms with E-state index in [1.165, 1.54) is 5.57 Å². The van der Waals surface area contributed by atoms with E-state index in [2.05, 4.69) is 33.8 Å². The zero-order valence-corrected chi connectivity index (χ0v) is 13.0. The van der Waals surface area contributed by atoms with E-state index in [-0.39, 0.29) is 11.4 Å². The molecule has 0 saturated carbocycles. The summed E-state index contributed by atoms with van der Waals surface area (Å²) < 4.78 is 5.44. The minimum absolute atomic E-state index is 0.118. The number of esters is 1. The Bertz CT molecular complexity index is 345. The highest BCUT2D eigenvalue weighted by Crippen LogP contribution is 2.44. The fourth-order valence-electron chi connectivity index (χ4n) is 2.26. The Labute approximate surface area is 112 Å². The van der Waals surface area contributed by atoms with E-state index in [4.69, 9.17) is 4.74 Å². The van der Waals surface area contributed by atoms with Gasteiger partial charge in [0.1, 0.15) is 6.61 Å². The van der Waals surface area contributed by atoms with Crippen LogP contribution in [0.25, 0.3) is 0 Å². The molecular formula is C16H28O2. The SMILES string of the molecule is C[C@@H]1C(COC(=O)C(C)(C)C)=CC[C@H](C)C1(C)C. The molecule has 18 heavy (non-hydrogen) atoms. The van der Waals surface area contributed by atoms with Crippen molar-refractivity contribution in [1.82, 2.24) is 0 Å². The summed E-state index contributed by atoms with van der Waals surface area (Å²) in [4.78, 5) is 11.8. The van der Waals surface area contributed by atoms with E-state index in [1.807, 2.05) is 20.8 Å². The van der Waals surface area contributed by atoms with Crippen molar-refractivity contribution in [2.24, 2.45) is 22.7 Å². The highest BCUT2D eigenvalue weighted by molar-refractivity contribution is 5.75. The van der Waals surface area contributed by atoms with Gasteiger partial charge in [-0.15, -0.1) is 0 Å². The molecule has 0 unspecified atom stereocenters. The molecule has 0 amide bonds. The fraction of sp³-hybridized carbons (Fsp3) is 0.812. The number of allylic oxidation sites excluding steroid dienone is 1. The lowest BCUT2D eigenvalue weighted by Gasteiger charge is -2.42. The molecule has 0 aromatic carbocycles. The lowest BCUT2D eigenvalue weighted by Crippen LogP contribution is -2.35. The van der Waals surface area contributed by atoms with Gasteiger partial charge in [0.25, 0.3) is 0 Å². The van der Waals surface area contributed by atoms with Crippen molar-refractivity contribution in [3.8, 4) is 0 Å². The average Bonchev–Trinajstić information content (AvgIpc) is 2.24.